The summed E-state index contributed by atoms with van der Waals surface area (Å²) in [7, 11) is 0. The van der Waals surface area contributed by atoms with E-state index < -0.39 is 6.04 Å². The number of nitrogens with zero attached hydrogens (tertiary/aromatic N) is 3. The van der Waals surface area contributed by atoms with Crippen LogP contribution in [0.4, 0.5) is 5.69 Å². The Balaban J connectivity index is 1.22. The summed E-state index contributed by atoms with van der Waals surface area (Å²) in [5.74, 6) is -0.150. The largest absolute Gasteiger partial charge is 0.356 e. The summed E-state index contributed by atoms with van der Waals surface area (Å²) in [5.41, 5.74) is 3.69. The van der Waals surface area contributed by atoms with Gasteiger partial charge in [0.25, 0.3) is 5.91 Å². The monoisotopic (exact) mass is 539 g/mol. The summed E-state index contributed by atoms with van der Waals surface area (Å²) in [6, 6.07) is 26.5. The predicted octanol–water partition coefficient (Wildman–Crippen LogP) is 3.49. The maximum atomic E-state index is 13.0. The lowest BCUT2D eigenvalue weighted by atomic mass is 10.1. The van der Waals surface area contributed by atoms with Crippen LogP contribution in [0.3, 0.4) is 0 Å². The second-order valence-electron chi connectivity index (χ2n) is 9.23. The SMILES string of the molecule is O=C(CSC1=Nc2ccccc2C2=NC(=O)C(CC(=O)NCCc3ccccc3)N12)NCCc1ccccc1. The number of thioether (sulfide) groups is 1. The molecule has 5 rings (SSSR count). The summed E-state index contributed by atoms with van der Waals surface area (Å²) < 4.78 is 0. The quantitative estimate of drug-likeness (QED) is 0.411. The predicted molar refractivity (Wildman–Crippen MR) is 154 cm³/mol. The molecule has 0 saturated heterocycles. The maximum absolute atomic E-state index is 13.0. The number of amidine groups is 2. The number of nitrogens with one attached hydrogen (secondary N) is 2. The fourth-order valence-corrected chi connectivity index (χ4v) is 5.39. The zero-order chi connectivity index (χ0) is 27.0. The Morgan fingerprint density at radius 2 is 1.36 bits per heavy atom. The van der Waals surface area contributed by atoms with Crippen LogP contribution in [-0.4, -0.2) is 58.5 Å². The van der Waals surface area contributed by atoms with E-state index >= 15 is 0 Å². The van der Waals surface area contributed by atoms with Gasteiger partial charge in [-0.05, 0) is 36.1 Å². The van der Waals surface area contributed by atoms with E-state index in [1.54, 1.807) is 4.90 Å². The summed E-state index contributed by atoms with van der Waals surface area (Å²) in [4.78, 5) is 49.2. The molecule has 1 unspecified atom stereocenters. The first kappa shape index (κ1) is 26.4. The summed E-state index contributed by atoms with van der Waals surface area (Å²) in [6.07, 6.45) is 1.39. The average Bonchev–Trinajstić information content (AvgIpc) is 3.28. The maximum Gasteiger partial charge on any atom is 0.271 e. The number of rotatable bonds is 10. The molecular formula is C30H29N5O3S. The highest BCUT2D eigenvalue weighted by Crippen LogP contribution is 2.34. The highest BCUT2D eigenvalue weighted by Gasteiger charge is 2.42. The minimum absolute atomic E-state index is 0.0500. The lowest BCUT2D eigenvalue weighted by molar-refractivity contribution is -0.126. The first-order valence-corrected chi connectivity index (χ1v) is 13.9. The van der Waals surface area contributed by atoms with Crippen molar-refractivity contribution in [1.82, 2.24) is 15.5 Å². The van der Waals surface area contributed by atoms with Crippen molar-refractivity contribution in [2.75, 3.05) is 18.8 Å². The molecule has 9 heteroatoms. The standard InChI is InChI=1S/C30H29N5O3S/c36-26(31-17-15-21-9-3-1-4-10-21)19-25-29(38)34-28-23-13-7-8-14-24(23)33-30(35(25)28)39-20-27(37)32-18-16-22-11-5-2-6-12-22/h1-14,25H,15-20H2,(H,31,36)(H,32,37). The fraction of sp³-hybridized carbons (Fsp3) is 0.233. The van der Waals surface area contributed by atoms with Crippen LogP contribution < -0.4 is 10.6 Å². The van der Waals surface area contributed by atoms with Crippen molar-refractivity contribution in [3.63, 3.8) is 0 Å². The number of hydrogen-bond acceptors (Lipinski definition) is 6. The van der Waals surface area contributed by atoms with E-state index in [9.17, 15) is 14.4 Å². The zero-order valence-electron chi connectivity index (χ0n) is 21.4. The molecule has 0 bridgehead atoms. The first-order valence-electron chi connectivity index (χ1n) is 12.9. The van der Waals surface area contributed by atoms with Crippen molar-refractivity contribution in [3.8, 4) is 0 Å². The van der Waals surface area contributed by atoms with Gasteiger partial charge in [0.05, 0.1) is 17.9 Å². The molecule has 0 fully saturated rings. The highest BCUT2D eigenvalue weighted by atomic mass is 32.2. The van der Waals surface area contributed by atoms with Crippen molar-refractivity contribution >= 4 is 46.2 Å². The number of para-hydroxylation sites is 1. The van der Waals surface area contributed by atoms with Crippen molar-refractivity contribution in [2.24, 2.45) is 9.98 Å². The van der Waals surface area contributed by atoms with Gasteiger partial charge in [0, 0.05) is 18.7 Å². The second kappa shape index (κ2) is 12.5. The number of fused-ring (bicyclic) bond motifs is 3. The number of hydrogen-bond donors (Lipinski definition) is 2. The van der Waals surface area contributed by atoms with E-state index in [-0.39, 0.29) is 29.9 Å². The lowest BCUT2D eigenvalue weighted by Crippen LogP contribution is -2.46. The van der Waals surface area contributed by atoms with Crippen LogP contribution in [-0.2, 0) is 27.2 Å². The van der Waals surface area contributed by atoms with Gasteiger partial charge in [-0.1, -0.05) is 84.6 Å². The Morgan fingerprint density at radius 3 is 2.03 bits per heavy atom. The molecule has 2 aliphatic rings. The minimum Gasteiger partial charge on any atom is -0.356 e. The Bertz CT molecular complexity index is 1410. The summed E-state index contributed by atoms with van der Waals surface area (Å²) >= 11 is 1.24. The van der Waals surface area contributed by atoms with Crippen molar-refractivity contribution in [3.05, 3.63) is 102 Å². The number of amides is 3. The van der Waals surface area contributed by atoms with Crippen LogP contribution in [0.1, 0.15) is 23.1 Å². The molecule has 39 heavy (non-hydrogen) atoms. The normalized spacial score (nSPS) is 15.6. The molecule has 2 N–H and O–H groups in total. The van der Waals surface area contributed by atoms with Gasteiger partial charge < -0.3 is 10.6 Å². The van der Waals surface area contributed by atoms with Crippen LogP contribution in [0, 0.1) is 0 Å². The van der Waals surface area contributed by atoms with E-state index in [1.807, 2.05) is 84.9 Å². The van der Waals surface area contributed by atoms with Gasteiger partial charge in [0.1, 0.15) is 11.9 Å². The Kier molecular flexibility index (Phi) is 8.48. The molecule has 3 aromatic carbocycles. The molecule has 0 aromatic heterocycles. The van der Waals surface area contributed by atoms with Crippen LogP contribution in [0.15, 0.2) is 94.9 Å². The molecule has 0 radical (unpaired) electrons. The molecule has 2 heterocycles. The van der Waals surface area contributed by atoms with Gasteiger partial charge in [-0.15, -0.1) is 0 Å². The summed E-state index contributed by atoms with van der Waals surface area (Å²) in [6.45, 7) is 0.999. The zero-order valence-corrected chi connectivity index (χ0v) is 22.2. The number of benzene rings is 3. The third-order valence-electron chi connectivity index (χ3n) is 6.48. The van der Waals surface area contributed by atoms with E-state index in [0.717, 1.165) is 23.1 Å². The molecule has 2 aliphatic heterocycles. The molecular weight excluding hydrogens is 510 g/mol. The lowest BCUT2D eigenvalue weighted by Gasteiger charge is -2.30. The number of aliphatic imine (C=N–C) groups is 2. The van der Waals surface area contributed by atoms with E-state index in [2.05, 4.69) is 15.6 Å². The Labute approximate surface area is 231 Å². The van der Waals surface area contributed by atoms with Crippen LogP contribution in [0.2, 0.25) is 0 Å². The average molecular weight is 540 g/mol. The Morgan fingerprint density at radius 1 is 0.769 bits per heavy atom. The van der Waals surface area contributed by atoms with E-state index in [4.69, 9.17) is 4.99 Å². The Hall–Kier alpha value is -4.24. The molecule has 198 valence electrons. The van der Waals surface area contributed by atoms with Crippen molar-refractivity contribution in [1.29, 1.82) is 0 Å². The van der Waals surface area contributed by atoms with Gasteiger partial charge in [-0.3, -0.25) is 19.3 Å². The topological polar surface area (TPSA) is 103 Å². The molecule has 1 atom stereocenters. The highest BCUT2D eigenvalue weighted by molar-refractivity contribution is 8.14. The molecule has 8 nitrogen and oxygen atoms in total. The third kappa shape index (κ3) is 6.61. The van der Waals surface area contributed by atoms with Gasteiger partial charge in [0.2, 0.25) is 11.8 Å². The van der Waals surface area contributed by atoms with E-state index in [1.165, 1.54) is 11.8 Å². The second-order valence-corrected chi connectivity index (χ2v) is 10.2. The molecule has 3 amide bonds. The first-order chi connectivity index (χ1) is 19.1. The van der Waals surface area contributed by atoms with Gasteiger partial charge in [0.15, 0.2) is 5.17 Å². The van der Waals surface area contributed by atoms with Crippen LogP contribution in [0.25, 0.3) is 0 Å². The van der Waals surface area contributed by atoms with Crippen LogP contribution in [0.5, 0.6) is 0 Å². The molecule has 3 aromatic rings. The minimum atomic E-state index is -0.808. The van der Waals surface area contributed by atoms with E-state index in [0.29, 0.717) is 36.2 Å². The molecule has 0 aliphatic carbocycles. The van der Waals surface area contributed by atoms with Gasteiger partial charge in [-0.25, -0.2) is 4.99 Å². The number of carbonyl (C=O) groups is 3. The van der Waals surface area contributed by atoms with Gasteiger partial charge >= 0.3 is 0 Å². The molecule has 0 saturated carbocycles. The van der Waals surface area contributed by atoms with Gasteiger partial charge in [-0.2, -0.15) is 4.99 Å². The number of carbonyl (C=O) groups excluding carboxylic acids is 3. The third-order valence-corrected chi connectivity index (χ3v) is 7.43. The van der Waals surface area contributed by atoms with Crippen LogP contribution >= 0.6 is 11.8 Å². The van der Waals surface area contributed by atoms with Crippen molar-refractivity contribution in [2.45, 2.75) is 25.3 Å². The smallest absolute Gasteiger partial charge is 0.271 e. The van der Waals surface area contributed by atoms with Crippen molar-refractivity contribution < 1.29 is 14.4 Å². The molecule has 0 spiro atoms. The summed E-state index contributed by atoms with van der Waals surface area (Å²) in [5, 5.41) is 6.34. The fourth-order valence-electron chi connectivity index (χ4n) is 4.51.